The predicted molar refractivity (Wildman–Crippen MR) is 115 cm³/mol. The molecule has 0 N–H and O–H groups in total. The summed E-state index contributed by atoms with van der Waals surface area (Å²) < 4.78 is 37.6. The maximum absolute atomic E-state index is 12.9. The molecule has 1 unspecified atom stereocenters. The number of rotatable bonds is 6. The van der Waals surface area contributed by atoms with Crippen molar-refractivity contribution in [3.05, 3.63) is 24.3 Å². The number of sulfonamides is 1. The first-order valence-corrected chi connectivity index (χ1v) is 12.4. The second kappa shape index (κ2) is 10.5. The summed E-state index contributed by atoms with van der Waals surface area (Å²) in [5.74, 6) is -0.377. The van der Waals surface area contributed by atoms with Gasteiger partial charge in [-0.1, -0.05) is 12.8 Å². The van der Waals surface area contributed by atoms with Gasteiger partial charge in [-0.3, -0.25) is 9.59 Å². The average Bonchev–Trinajstić information content (AvgIpc) is 3.08. The normalized spacial score (nSPS) is 20.0. The minimum Gasteiger partial charge on any atom is -0.497 e. The van der Waals surface area contributed by atoms with Crippen LogP contribution in [0.2, 0.25) is 0 Å². The van der Waals surface area contributed by atoms with Crippen LogP contribution in [0.1, 0.15) is 45.4 Å². The van der Waals surface area contributed by atoms with E-state index in [4.69, 9.17) is 9.47 Å². The lowest BCUT2D eigenvalue weighted by Crippen LogP contribution is -2.43. The Balaban J connectivity index is 1.52. The van der Waals surface area contributed by atoms with Crippen LogP contribution in [0, 0.1) is 5.92 Å². The van der Waals surface area contributed by atoms with Crippen LogP contribution in [0.25, 0.3) is 0 Å². The minimum absolute atomic E-state index is 0.144. The van der Waals surface area contributed by atoms with Gasteiger partial charge in [0.15, 0.2) is 6.10 Å². The highest BCUT2D eigenvalue weighted by Gasteiger charge is 2.34. The van der Waals surface area contributed by atoms with Gasteiger partial charge in [0.2, 0.25) is 10.0 Å². The van der Waals surface area contributed by atoms with Crippen LogP contribution in [0.15, 0.2) is 29.2 Å². The van der Waals surface area contributed by atoms with Crippen LogP contribution in [0.5, 0.6) is 5.75 Å². The average molecular weight is 453 g/mol. The van der Waals surface area contributed by atoms with E-state index in [0.717, 1.165) is 25.7 Å². The zero-order chi connectivity index (χ0) is 22.4. The summed E-state index contributed by atoms with van der Waals surface area (Å²) in [7, 11) is -2.10. The molecular weight excluding hydrogens is 420 g/mol. The maximum atomic E-state index is 12.9. The first kappa shape index (κ1) is 23.5. The molecule has 0 spiro atoms. The molecule has 0 aromatic heterocycles. The summed E-state index contributed by atoms with van der Waals surface area (Å²) in [5, 5.41) is 0. The van der Waals surface area contributed by atoms with Gasteiger partial charge in [0.25, 0.3) is 5.91 Å². The topological polar surface area (TPSA) is 93.2 Å². The third-order valence-corrected chi connectivity index (χ3v) is 7.96. The molecule has 9 heteroatoms. The van der Waals surface area contributed by atoms with E-state index < -0.39 is 28.0 Å². The number of nitrogens with zero attached hydrogens (tertiary/aromatic N) is 2. The number of hydrogen-bond donors (Lipinski definition) is 0. The second-order valence-corrected chi connectivity index (χ2v) is 10.1. The van der Waals surface area contributed by atoms with Crippen LogP contribution >= 0.6 is 0 Å². The van der Waals surface area contributed by atoms with Gasteiger partial charge >= 0.3 is 5.97 Å². The standard InChI is InChI=1S/C22H32N2O6S/c1-17(21(25)23-13-5-3-4-6-14-23)30-22(26)18-11-15-24(16-12-18)31(27,28)20-9-7-19(29-2)8-10-20/h7-10,17-18H,3-6,11-16H2,1-2H3. The van der Waals surface area contributed by atoms with Gasteiger partial charge in [-0.25, -0.2) is 8.42 Å². The van der Waals surface area contributed by atoms with Crippen molar-refractivity contribution < 1.29 is 27.5 Å². The molecule has 2 saturated heterocycles. The molecule has 0 radical (unpaired) electrons. The Morgan fingerprint density at radius 3 is 2.10 bits per heavy atom. The molecule has 2 aliphatic heterocycles. The molecule has 0 aliphatic carbocycles. The van der Waals surface area contributed by atoms with Gasteiger partial charge in [0.05, 0.1) is 17.9 Å². The van der Waals surface area contributed by atoms with Crippen molar-refractivity contribution in [2.45, 2.75) is 56.4 Å². The monoisotopic (exact) mass is 452 g/mol. The van der Waals surface area contributed by atoms with Crippen molar-refractivity contribution in [1.82, 2.24) is 9.21 Å². The van der Waals surface area contributed by atoms with E-state index in [9.17, 15) is 18.0 Å². The first-order chi connectivity index (χ1) is 14.8. The maximum Gasteiger partial charge on any atom is 0.309 e. The lowest BCUT2D eigenvalue weighted by molar-refractivity contribution is -0.163. The molecule has 0 bridgehead atoms. The molecule has 2 heterocycles. The molecule has 31 heavy (non-hydrogen) atoms. The van der Waals surface area contributed by atoms with Crippen LogP contribution in [-0.4, -0.2) is 68.9 Å². The van der Waals surface area contributed by atoms with Gasteiger partial charge in [-0.15, -0.1) is 0 Å². The number of esters is 1. The zero-order valence-corrected chi connectivity index (χ0v) is 19.1. The number of benzene rings is 1. The van der Waals surface area contributed by atoms with Gasteiger partial charge in [0, 0.05) is 26.2 Å². The third-order valence-electron chi connectivity index (χ3n) is 6.04. The molecule has 1 atom stereocenters. The highest BCUT2D eigenvalue weighted by atomic mass is 32.2. The second-order valence-electron chi connectivity index (χ2n) is 8.17. The number of amides is 1. The molecule has 3 rings (SSSR count). The van der Waals surface area contributed by atoms with E-state index in [1.54, 1.807) is 24.0 Å². The smallest absolute Gasteiger partial charge is 0.309 e. The van der Waals surface area contributed by atoms with Crippen molar-refractivity contribution in [3.8, 4) is 5.75 Å². The fourth-order valence-electron chi connectivity index (χ4n) is 4.10. The summed E-state index contributed by atoms with van der Waals surface area (Å²) >= 11 is 0. The quantitative estimate of drug-likeness (QED) is 0.616. The lowest BCUT2D eigenvalue weighted by atomic mass is 9.98. The molecule has 172 valence electrons. The van der Waals surface area contributed by atoms with Gasteiger partial charge in [-0.2, -0.15) is 4.31 Å². The number of carbonyl (C=O) groups excluding carboxylic acids is 2. The number of carbonyl (C=O) groups is 2. The molecule has 8 nitrogen and oxygen atoms in total. The lowest BCUT2D eigenvalue weighted by Gasteiger charge is -2.31. The zero-order valence-electron chi connectivity index (χ0n) is 18.3. The van der Waals surface area contributed by atoms with Gasteiger partial charge in [0.1, 0.15) is 5.75 Å². The first-order valence-electron chi connectivity index (χ1n) is 11.0. The van der Waals surface area contributed by atoms with Crippen molar-refractivity contribution in [2.75, 3.05) is 33.3 Å². The molecule has 2 aliphatic rings. The van der Waals surface area contributed by atoms with Crippen molar-refractivity contribution >= 4 is 21.9 Å². The van der Waals surface area contributed by atoms with Crippen LogP contribution in [0.4, 0.5) is 0 Å². The van der Waals surface area contributed by atoms with Crippen molar-refractivity contribution in [2.24, 2.45) is 5.92 Å². The summed E-state index contributed by atoms with van der Waals surface area (Å²) in [4.78, 5) is 27.2. The van der Waals surface area contributed by atoms with E-state index >= 15 is 0 Å². The highest BCUT2D eigenvalue weighted by Crippen LogP contribution is 2.26. The molecule has 1 amide bonds. The van der Waals surface area contributed by atoms with Crippen molar-refractivity contribution in [3.63, 3.8) is 0 Å². The number of piperidine rings is 1. The number of hydrogen-bond acceptors (Lipinski definition) is 6. The fraction of sp³-hybridized carbons (Fsp3) is 0.636. The molecule has 1 aromatic rings. The Morgan fingerprint density at radius 2 is 1.55 bits per heavy atom. The summed E-state index contributed by atoms with van der Waals surface area (Å²) in [6.07, 6.45) is 4.14. The van der Waals surface area contributed by atoms with Crippen molar-refractivity contribution in [1.29, 1.82) is 0 Å². The van der Waals surface area contributed by atoms with Gasteiger partial charge < -0.3 is 14.4 Å². The minimum atomic E-state index is -3.63. The Morgan fingerprint density at radius 1 is 0.968 bits per heavy atom. The van der Waals surface area contributed by atoms with Crippen LogP contribution < -0.4 is 4.74 Å². The SMILES string of the molecule is COc1ccc(S(=O)(=O)N2CCC(C(=O)OC(C)C(=O)N3CCCCCC3)CC2)cc1. The Labute approximate surface area is 184 Å². The molecular formula is C22H32N2O6S. The van der Waals surface area contributed by atoms with Crippen LogP contribution in [-0.2, 0) is 24.3 Å². The highest BCUT2D eigenvalue weighted by molar-refractivity contribution is 7.89. The Kier molecular flexibility index (Phi) is 7.94. The summed E-state index contributed by atoms with van der Waals surface area (Å²) in [6, 6.07) is 6.26. The summed E-state index contributed by atoms with van der Waals surface area (Å²) in [5.41, 5.74) is 0. The Hall–Kier alpha value is -2.13. The third kappa shape index (κ3) is 5.77. The van der Waals surface area contributed by atoms with E-state index in [-0.39, 0.29) is 23.9 Å². The van der Waals surface area contributed by atoms with Gasteiger partial charge in [-0.05, 0) is 56.9 Å². The number of ether oxygens (including phenoxy) is 2. The van der Waals surface area contributed by atoms with Crippen LogP contribution in [0.3, 0.4) is 0 Å². The van der Waals surface area contributed by atoms with E-state index in [1.807, 2.05) is 0 Å². The molecule has 2 fully saturated rings. The largest absolute Gasteiger partial charge is 0.497 e. The summed E-state index contributed by atoms with van der Waals surface area (Å²) in [6.45, 7) is 3.52. The number of methoxy groups -OCH3 is 1. The van der Waals surface area contributed by atoms with E-state index in [2.05, 4.69) is 0 Å². The number of likely N-dealkylation sites (tertiary alicyclic amines) is 1. The predicted octanol–water partition coefficient (Wildman–Crippen LogP) is 2.43. The Bertz CT molecular complexity index is 854. The van der Waals surface area contributed by atoms with E-state index in [0.29, 0.717) is 31.7 Å². The molecule has 1 aromatic carbocycles. The van der Waals surface area contributed by atoms with E-state index in [1.165, 1.54) is 23.5 Å². The fourth-order valence-corrected chi connectivity index (χ4v) is 5.57. The molecule has 0 saturated carbocycles.